The number of anilines is 1. The quantitative estimate of drug-likeness (QED) is 0.156. The molecule has 4 aromatic carbocycles. The molecule has 4 rings (SSSR count). The molecule has 0 aliphatic rings. The SMILES string of the molecule is COC(=O)c1ccc(COc2ccc(/C=N/N(Cc3ccccc3)c3ccccc3)cc2OC)cc1. The zero-order chi connectivity index (χ0) is 25.2. The van der Waals surface area contributed by atoms with Crippen molar-refractivity contribution in [3.63, 3.8) is 0 Å². The van der Waals surface area contributed by atoms with Gasteiger partial charge in [0, 0.05) is 0 Å². The molecule has 0 atom stereocenters. The smallest absolute Gasteiger partial charge is 0.337 e. The highest BCUT2D eigenvalue weighted by molar-refractivity contribution is 5.89. The van der Waals surface area contributed by atoms with Gasteiger partial charge in [0.15, 0.2) is 11.5 Å². The van der Waals surface area contributed by atoms with Gasteiger partial charge in [-0.15, -0.1) is 0 Å². The second-order valence-corrected chi connectivity index (χ2v) is 8.01. The lowest BCUT2D eigenvalue weighted by molar-refractivity contribution is 0.0600. The number of methoxy groups -OCH3 is 2. The standard InChI is InChI=1S/C30H28N2O4/c1-34-29-19-25(15-18-28(29)36-22-24-13-16-26(17-14-24)30(33)35-2)20-31-32(27-11-7-4-8-12-27)21-23-9-5-3-6-10-23/h3-20H,21-22H2,1-2H3/b31-20+. The van der Waals surface area contributed by atoms with E-state index in [0.717, 1.165) is 16.8 Å². The molecule has 0 spiro atoms. The number of benzene rings is 4. The minimum atomic E-state index is -0.365. The fraction of sp³-hybridized carbons (Fsp3) is 0.133. The Morgan fingerprint density at radius 1 is 0.806 bits per heavy atom. The van der Waals surface area contributed by atoms with E-state index >= 15 is 0 Å². The normalized spacial score (nSPS) is 10.7. The van der Waals surface area contributed by atoms with Crippen LogP contribution in [0.25, 0.3) is 0 Å². The van der Waals surface area contributed by atoms with Crippen LogP contribution in [0.1, 0.15) is 27.0 Å². The molecule has 0 aliphatic carbocycles. The fourth-order valence-corrected chi connectivity index (χ4v) is 3.59. The molecule has 4 aromatic rings. The lowest BCUT2D eigenvalue weighted by Gasteiger charge is -2.19. The zero-order valence-corrected chi connectivity index (χ0v) is 20.3. The van der Waals surface area contributed by atoms with Crippen LogP contribution in [0, 0.1) is 0 Å². The van der Waals surface area contributed by atoms with E-state index in [1.165, 1.54) is 12.7 Å². The number of para-hydroxylation sites is 1. The van der Waals surface area contributed by atoms with Crippen molar-refractivity contribution in [3.05, 3.63) is 125 Å². The van der Waals surface area contributed by atoms with Gasteiger partial charge in [0.25, 0.3) is 0 Å². The molecule has 0 unspecified atom stereocenters. The zero-order valence-electron chi connectivity index (χ0n) is 20.3. The van der Waals surface area contributed by atoms with Gasteiger partial charge in [0.2, 0.25) is 0 Å². The van der Waals surface area contributed by atoms with E-state index in [-0.39, 0.29) is 5.97 Å². The number of hydrogen-bond acceptors (Lipinski definition) is 6. The van der Waals surface area contributed by atoms with Crippen molar-refractivity contribution in [1.29, 1.82) is 0 Å². The third-order valence-electron chi connectivity index (χ3n) is 5.53. The van der Waals surface area contributed by atoms with Crippen LogP contribution in [0.15, 0.2) is 108 Å². The van der Waals surface area contributed by atoms with Crippen molar-refractivity contribution in [2.75, 3.05) is 19.2 Å². The maximum Gasteiger partial charge on any atom is 0.337 e. The summed E-state index contributed by atoms with van der Waals surface area (Å²) >= 11 is 0. The summed E-state index contributed by atoms with van der Waals surface area (Å²) in [7, 11) is 2.97. The largest absolute Gasteiger partial charge is 0.493 e. The molecular formula is C30H28N2O4. The summed E-state index contributed by atoms with van der Waals surface area (Å²) in [6, 6.07) is 33.1. The monoisotopic (exact) mass is 480 g/mol. The number of hydrazone groups is 1. The molecule has 0 aromatic heterocycles. The van der Waals surface area contributed by atoms with E-state index in [9.17, 15) is 4.79 Å². The first-order chi connectivity index (χ1) is 17.7. The molecule has 0 heterocycles. The number of hydrogen-bond donors (Lipinski definition) is 0. The van der Waals surface area contributed by atoms with E-state index in [1.54, 1.807) is 19.2 Å². The Bertz CT molecular complexity index is 1290. The lowest BCUT2D eigenvalue weighted by Crippen LogP contribution is -2.16. The number of esters is 1. The van der Waals surface area contributed by atoms with Crippen molar-refractivity contribution in [2.24, 2.45) is 5.10 Å². The van der Waals surface area contributed by atoms with Crippen molar-refractivity contribution < 1.29 is 19.0 Å². The average molecular weight is 481 g/mol. The van der Waals surface area contributed by atoms with Crippen LogP contribution < -0.4 is 14.5 Å². The molecule has 0 radical (unpaired) electrons. The number of rotatable bonds is 10. The van der Waals surface area contributed by atoms with Gasteiger partial charge >= 0.3 is 5.97 Å². The van der Waals surface area contributed by atoms with Crippen molar-refractivity contribution in [1.82, 2.24) is 0 Å². The molecule has 0 fully saturated rings. The van der Waals surface area contributed by atoms with Crippen LogP contribution in [0.2, 0.25) is 0 Å². The Labute approximate surface area is 211 Å². The van der Waals surface area contributed by atoms with Gasteiger partial charge in [-0.3, -0.25) is 5.01 Å². The maximum absolute atomic E-state index is 11.6. The van der Waals surface area contributed by atoms with Crippen molar-refractivity contribution in [3.8, 4) is 11.5 Å². The number of carbonyl (C=O) groups is 1. The molecule has 0 aliphatic heterocycles. The Hall–Kier alpha value is -4.58. The molecule has 6 nitrogen and oxygen atoms in total. The Morgan fingerprint density at radius 2 is 1.50 bits per heavy atom. The van der Waals surface area contributed by atoms with Crippen molar-refractivity contribution in [2.45, 2.75) is 13.2 Å². The number of carbonyl (C=O) groups excluding carboxylic acids is 1. The predicted molar refractivity (Wildman–Crippen MR) is 142 cm³/mol. The highest BCUT2D eigenvalue weighted by Gasteiger charge is 2.09. The third-order valence-corrected chi connectivity index (χ3v) is 5.53. The molecule has 182 valence electrons. The van der Waals surface area contributed by atoms with Gasteiger partial charge in [0.05, 0.1) is 38.2 Å². The molecule has 0 N–H and O–H groups in total. The van der Waals surface area contributed by atoms with Crippen LogP contribution in [-0.4, -0.2) is 26.4 Å². The van der Waals surface area contributed by atoms with Gasteiger partial charge in [-0.1, -0.05) is 60.7 Å². The van der Waals surface area contributed by atoms with Crippen LogP contribution in [0.4, 0.5) is 5.69 Å². The summed E-state index contributed by atoms with van der Waals surface area (Å²) in [6.45, 7) is 0.985. The van der Waals surface area contributed by atoms with Crippen LogP contribution in [0.3, 0.4) is 0 Å². The van der Waals surface area contributed by atoms with E-state index in [2.05, 4.69) is 12.1 Å². The Balaban J connectivity index is 1.47. The highest BCUT2D eigenvalue weighted by atomic mass is 16.5. The van der Waals surface area contributed by atoms with E-state index < -0.39 is 0 Å². The molecular weight excluding hydrogens is 452 g/mol. The molecule has 0 amide bonds. The molecule has 0 saturated carbocycles. The highest BCUT2D eigenvalue weighted by Crippen LogP contribution is 2.28. The minimum absolute atomic E-state index is 0.337. The Kier molecular flexibility index (Phi) is 8.33. The first kappa shape index (κ1) is 24.5. The number of nitrogens with zero attached hydrogens (tertiary/aromatic N) is 2. The first-order valence-electron chi connectivity index (χ1n) is 11.5. The molecule has 0 saturated heterocycles. The summed E-state index contributed by atoms with van der Waals surface area (Å²) in [5, 5.41) is 6.72. The third kappa shape index (κ3) is 6.51. The second kappa shape index (κ2) is 12.2. The van der Waals surface area contributed by atoms with Crippen LogP contribution >= 0.6 is 0 Å². The second-order valence-electron chi connectivity index (χ2n) is 8.01. The fourth-order valence-electron chi connectivity index (χ4n) is 3.59. The van der Waals surface area contributed by atoms with Crippen molar-refractivity contribution >= 4 is 17.9 Å². The van der Waals surface area contributed by atoms with Crippen LogP contribution in [-0.2, 0) is 17.9 Å². The van der Waals surface area contributed by atoms with Crippen LogP contribution in [0.5, 0.6) is 11.5 Å². The van der Waals surface area contributed by atoms with Gasteiger partial charge in [-0.2, -0.15) is 5.10 Å². The van der Waals surface area contributed by atoms with Gasteiger partial charge in [0.1, 0.15) is 6.61 Å². The Morgan fingerprint density at radius 3 is 2.17 bits per heavy atom. The molecule has 6 heteroatoms. The summed E-state index contributed by atoms with van der Waals surface area (Å²) < 4.78 is 16.3. The minimum Gasteiger partial charge on any atom is -0.493 e. The maximum atomic E-state index is 11.6. The predicted octanol–water partition coefficient (Wildman–Crippen LogP) is 6.10. The summed E-state index contributed by atoms with van der Waals surface area (Å²) in [6.07, 6.45) is 1.81. The molecule has 36 heavy (non-hydrogen) atoms. The van der Waals surface area contributed by atoms with E-state index in [1.807, 2.05) is 90.1 Å². The van der Waals surface area contributed by atoms with Gasteiger partial charge in [-0.25, -0.2) is 4.79 Å². The average Bonchev–Trinajstić information content (AvgIpc) is 2.95. The lowest BCUT2D eigenvalue weighted by atomic mass is 10.1. The van der Waals surface area contributed by atoms with Gasteiger partial charge < -0.3 is 14.2 Å². The summed E-state index contributed by atoms with van der Waals surface area (Å²) in [4.78, 5) is 11.6. The van der Waals surface area contributed by atoms with E-state index in [4.69, 9.17) is 19.3 Å². The summed E-state index contributed by atoms with van der Waals surface area (Å²) in [5.41, 5.74) is 4.48. The first-order valence-corrected chi connectivity index (χ1v) is 11.5. The van der Waals surface area contributed by atoms with E-state index in [0.29, 0.717) is 30.2 Å². The molecule has 0 bridgehead atoms. The van der Waals surface area contributed by atoms with Gasteiger partial charge in [-0.05, 0) is 59.2 Å². The topological polar surface area (TPSA) is 60.4 Å². The number of ether oxygens (including phenoxy) is 3. The summed E-state index contributed by atoms with van der Waals surface area (Å²) in [5.74, 6) is 0.867.